The summed E-state index contributed by atoms with van der Waals surface area (Å²) in [6, 6.07) is 0. The topological polar surface area (TPSA) is 0 Å². The van der Waals surface area contributed by atoms with Crippen LogP contribution in [0.1, 0.15) is 25.7 Å². The molecule has 0 aromatic carbocycles. The summed E-state index contributed by atoms with van der Waals surface area (Å²) in [4.78, 5) is 0. The van der Waals surface area contributed by atoms with E-state index in [1.54, 1.807) is 6.08 Å². The predicted octanol–water partition coefficient (Wildman–Crippen LogP) is 2.93. The Morgan fingerprint density at radius 2 is 1.78 bits per heavy atom. The van der Waals surface area contributed by atoms with Gasteiger partial charge < -0.3 is 0 Å². The van der Waals surface area contributed by atoms with Gasteiger partial charge in [-0.05, 0) is 25.7 Å². The molecule has 0 unspecified atom stereocenters. The first kappa shape index (κ1) is 8.48. The van der Waals surface area contributed by atoms with E-state index in [-0.39, 0.29) is 0 Å². The van der Waals surface area contributed by atoms with Gasteiger partial charge in [-0.25, -0.2) is 0 Å². The van der Waals surface area contributed by atoms with Crippen molar-refractivity contribution in [1.29, 1.82) is 0 Å². The van der Waals surface area contributed by atoms with Gasteiger partial charge >= 0.3 is 0 Å². The van der Waals surface area contributed by atoms with E-state index in [0.29, 0.717) is 0 Å². The molecule has 0 N–H and O–H groups in total. The van der Waals surface area contributed by atoms with Crippen LogP contribution in [0.2, 0.25) is 0 Å². The molecule has 0 rings (SSSR count). The zero-order chi connectivity index (χ0) is 6.95. The number of rotatable bonds is 5. The lowest BCUT2D eigenvalue weighted by Crippen LogP contribution is -1.64. The van der Waals surface area contributed by atoms with Crippen molar-refractivity contribution >= 4 is 0 Å². The van der Waals surface area contributed by atoms with Gasteiger partial charge in [0.2, 0.25) is 0 Å². The van der Waals surface area contributed by atoms with Crippen molar-refractivity contribution < 1.29 is 0 Å². The fraction of sp³-hybridized carbons (Fsp3) is 0.444. The van der Waals surface area contributed by atoms with Crippen molar-refractivity contribution in [2.45, 2.75) is 25.7 Å². The van der Waals surface area contributed by atoms with Crippen molar-refractivity contribution in [3.8, 4) is 0 Å². The predicted molar refractivity (Wildman–Crippen MR) is 41.8 cm³/mol. The molecule has 0 nitrogen and oxygen atoms in total. The summed E-state index contributed by atoms with van der Waals surface area (Å²) in [7, 11) is 0. The van der Waals surface area contributed by atoms with Gasteiger partial charge in [0.1, 0.15) is 0 Å². The quantitative estimate of drug-likeness (QED) is 0.388. The van der Waals surface area contributed by atoms with E-state index in [1.165, 1.54) is 0 Å². The Labute approximate surface area is 58.3 Å². The first-order chi connectivity index (χ1) is 4.41. The second-order valence-electron chi connectivity index (χ2n) is 1.93. The molecule has 2 radical (unpaired) electrons. The van der Waals surface area contributed by atoms with Gasteiger partial charge in [0, 0.05) is 0 Å². The Bertz CT molecular complexity index is 80.0. The third-order valence-corrected chi connectivity index (χ3v) is 1.04. The monoisotopic (exact) mass is 122 g/mol. The van der Waals surface area contributed by atoms with E-state index in [2.05, 4.69) is 19.1 Å². The minimum absolute atomic E-state index is 0.980. The van der Waals surface area contributed by atoms with Crippen molar-refractivity contribution in [1.82, 2.24) is 0 Å². The van der Waals surface area contributed by atoms with Crippen molar-refractivity contribution in [3.63, 3.8) is 0 Å². The Morgan fingerprint density at radius 3 is 2.33 bits per heavy atom. The highest BCUT2D eigenvalue weighted by atomic mass is 13.8. The largest absolute Gasteiger partial charge is 0.0885 e. The third-order valence-electron chi connectivity index (χ3n) is 1.04. The molecule has 0 aromatic rings. The Kier molecular flexibility index (Phi) is 7.05. The number of unbranched alkanes of at least 4 members (excludes halogenated alkanes) is 2. The Hall–Kier alpha value is -0.520. The molecule has 0 aliphatic rings. The number of hydrogen-bond acceptors (Lipinski definition) is 0. The van der Waals surface area contributed by atoms with Gasteiger partial charge in [-0.2, -0.15) is 0 Å². The minimum atomic E-state index is 0.980. The molecule has 0 aromatic heterocycles. The average molecular weight is 122 g/mol. The highest BCUT2D eigenvalue weighted by molar-refractivity contribution is 4.83. The lowest BCUT2D eigenvalue weighted by Gasteiger charge is -1.84. The van der Waals surface area contributed by atoms with Crippen LogP contribution in [-0.4, -0.2) is 0 Å². The van der Waals surface area contributed by atoms with E-state index in [0.717, 1.165) is 25.7 Å². The fourth-order valence-electron chi connectivity index (χ4n) is 0.546. The summed E-state index contributed by atoms with van der Waals surface area (Å²) in [5, 5.41) is 0. The van der Waals surface area contributed by atoms with Gasteiger partial charge in [-0.15, -0.1) is 0 Å². The molecule has 0 aliphatic heterocycles. The van der Waals surface area contributed by atoms with E-state index in [9.17, 15) is 0 Å². The summed E-state index contributed by atoms with van der Waals surface area (Å²) in [6.07, 6.45) is 10.1. The third kappa shape index (κ3) is 7.48. The Morgan fingerprint density at radius 1 is 1.11 bits per heavy atom. The smallest absolute Gasteiger partial charge is 0.0313 e. The maximum Gasteiger partial charge on any atom is -0.0313 e. The van der Waals surface area contributed by atoms with Gasteiger partial charge in [-0.1, -0.05) is 31.7 Å². The molecular formula is C9H14. The molecular weight excluding hydrogens is 108 g/mol. The zero-order valence-electron chi connectivity index (χ0n) is 5.84. The first-order valence-corrected chi connectivity index (χ1v) is 3.39. The summed E-state index contributed by atoms with van der Waals surface area (Å²) in [5.41, 5.74) is 0. The molecule has 50 valence electrons. The van der Waals surface area contributed by atoms with Gasteiger partial charge in [0.25, 0.3) is 0 Å². The maximum absolute atomic E-state index is 5.17. The summed E-state index contributed by atoms with van der Waals surface area (Å²) in [6.45, 7) is 8.89. The van der Waals surface area contributed by atoms with E-state index < -0.39 is 0 Å². The van der Waals surface area contributed by atoms with Gasteiger partial charge in [0.15, 0.2) is 0 Å². The van der Waals surface area contributed by atoms with Crippen LogP contribution in [0.3, 0.4) is 0 Å². The van der Waals surface area contributed by atoms with E-state index in [1.807, 2.05) is 0 Å². The second-order valence-corrected chi connectivity index (χ2v) is 1.93. The van der Waals surface area contributed by atoms with Crippen LogP contribution < -0.4 is 0 Å². The van der Waals surface area contributed by atoms with Crippen molar-refractivity contribution in [3.05, 3.63) is 31.7 Å². The van der Waals surface area contributed by atoms with Crippen molar-refractivity contribution in [2.24, 2.45) is 0 Å². The summed E-state index contributed by atoms with van der Waals surface area (Å²) >= 11 is 0. The SMILES string of the molecule is [CH]=CCC/C=C/CC[CH2]. The minimum Gasteiger partial charge on any atom is -0.0885 e. The van der Waals surface area contributed by atoms with Crippen LogP contribution in [0, 0.1) is 13.5 Å². The van der Waals surface area contributed by atoms with Gasteiger partial charge in [0.05, 0.1) is 0 Å². The normalized spacial score (nSPS) is 10.3. The molecule has 0 atom stereocenters. The van der Waals surface area contributed by atoms with Crippen LogP contribution in [0.4, 0.5) is 0 Å². The van der Waals surface area contributed by atoms with Gasteiger partial charge in [-0.3, -0.25) is 0 Å². The number of hydrogen-bond donors (Lipinski definition) is 0. The molecule has 0 fully saturated rings. The Balaban J connectivity index is 2.94. The molecule has 0 amide bonds. The van der Waals surface area contributed by atoms with Crippen LogP contribution in [0.5, 0.6) is 0 Å². The highest BCUT2D eigenvalue weighted by Crippen LogP contribution is 1.94. The van der Waals surface area contributed by atoms with Crippen LogP contribution >= 0.6 is 0 Å². The first-order valence-electron chi connectivity index (χ1n) is 3.39. The average Bonchev–Trinajstić information content (AvgIpc) is 1.89. The fourth-order valence-corrected chi connectivity index (χ4v) is 0.546. The molecule has 0 heterocycles. The molecule has 0 aliphatic carbocycles. The van der Waals surface area contributed by atoms with E-state index >= 15 is 0 Å². The molecule has 0 heteroatoms. The number of allylic oxidation sites excluding steroid dienone is 3. The second kappa shape index (κ2) is 7.48. The molecule has 0 spiro atoms. The van der Waals surface area contributed by atoms with Crippen LogP contribution in [0.15, 0.2) is 18.2 Å². The standard InChI is InChI=1S/C9H14/c1-3-5-7-9-8-6-4-2/h1,3,8-9H,2,4-7H2/b3-1?,9-8+. The molecule has 0 bridgehead atoms. The van der Waals surface area contributed by atoms with Crippen LogP contribution in [0.25, 0.3) is 0 Å². The van der Waals surface area contributed by atoms with E-state index in [4.69, 9.17) is 6.58 Å². The van der Waals surface area contributed by atoms with Crippen molar-refractivity contribution in [2.75, 3.05) is 0 Å². The lowest BCUT2D eigenvalue weighted by atomic mass is 10.2. The molecule has 9 heavy (non-hydrogen) atoms. The highest BCUT2D eigenvalue weighted by Gasteiger charge is 1.74. The maximum atomic E-state index is 5.17. The van der Waals surface area contributed by atoms with Crippen LogP contribution in [-0.2, 0) is 0 Å². The summed E-state index contributed by atoms with van der Waals surface area (Å²) < 4.78 is 0. The molecule has 0 saturated carbocycles. The molecule has 0 saturated heterocycles. The zero-order valence-corrected chi connectivity index (χ0v) is 5.84. The lowest BCUT2D eigenvalue weighted by molar-refractivity contribution is 1.00. The summed E-state index contributed by atoms with van der Waals surface area (Å²) in [5.74, 6) is 0.